The van der Waals surface area contributed by atoms with E-state index in [0.29, 0.717) is 73.0 Å². The molecule has 2 heterocycles. The summed E-state index contributed by atoms with van der Waals surface area (Å²) < 4.78 is 39.6. The summed E-state index contributed by atoms with van der Waals surface area (Å²) in [5.41, 5.74) is 4.70. The van der Waals surface area contributed by atoms with E-state index >= 15 is 0 Å². The third kappa shape index (κ3) is 6.24. The number of aromatic hydroxyl groups is 2. The molecule has 0 atom stereocenters. The van der Waals surface area contributed by atoms with Crippen molar-refractivity contribution in [3.8, 4) is 34.5 Å². The van der Waals surface area contributed by atoms with Gasteiger partial charge in [0.1, 0.15) is 5.82 Å². The minimum atomic E-state index is -0.324. The van der Waals surface area contributed by atoms with Crippen LogP contribution in [0.5, 0.6) is 23.3 Å². The van der Waals surface area contributed by atoms with Crippen LogP contribution in [0.4, 0.5) is 15.9 Å². The van der Waals surface area contributed by atoms with Crippen LogP contribution in [-0.2, 0) is 29.5 Å². The highest BCUT2D eigenvalue weighted by Crippen LogP contribution is 2.45. The second-order valence-electron chi connectivity index (χ2n) is 9.40. The van der Waals surface area contributed by atoms with Gasteiger partial charge in [0.25, 0.3) is 0 Å². The van der Waals surface area contributed by atoms with Gasteiger partial charge in [0.05, 0.1) is 57.8 Å². The number of benzene rings is 2. The van der Waals surface area contributed by atoms with Crippen LogP contribution >= 0.6 is 11.8 Å². The monoisotopic (exact) mass is 584 g/mol. The molecule has 0 spiro atoms. The first-order chi connectivity index (χ1) is 19.9. The van der Waals surface area contributed by atoms with Gasteiger partial charge in [0, 0.05) is 42.1 Å². The lowest BCUT2D eigenvalue weighted by Crippen LogP contribution is -2.12. The number of aromatic nitrogens is 3. The van der Waals surface area contributed by atoms with Crippen molar-refractivity contribution in [3.05, 3.63) is 59.4 Å². The molecule has 41 heavy (non-hydrogen) atoms. The maximum atomic E-state index is 13.8. The molecule has 218 valence electrons. The van der Waals surface area contributed by atoms with Crippen LogP contribution in [0.1, 0.15) is 11.1 Å². The third-order valence-corrected chi connectivity index (χ3v) is 7.80. The minimum Gasteiger partial charge on any atom is -0.494 e. The fourth-order valence-corrected chi connectivity index (χ4v) is 5.63. The van der Waals surface area contributed by atoms with E-state index in [-0.39, 0.29) is 17.6 Å². The predicted octanol–water partition coefficient (Wildman–Crippen LogP) is 4.93. The summed E-state index contributed by atoms with van der Waals surface area (Å²) >= 11 is 1.41. The Kier molecular flexibility index (Phi) is 8.91. The van der Waals surface area contributed by atoms with Crippen LogP contribution in [-0.4, -0.2) is 71.0 Å². The van der Waals surface area contributed by atoms with Crippen molar-refractivity contribution in [2.24, 2.45) is 7.05 Å². The molecular formula is C29H33FN4O6S. The molecular weight excluding hydrogens is 551 g/mol. The fraction of sp³-hybridized carbons (Fsp3) is 0.345. The number of hydrogen-bond donors (Lipinski definition) is 3. The second-order valence-corrected chi connectivity index (χ2v) is 10.5. The van der Waals surface area contributed by atoms with E-state index in [1.165, 1.54) is 34.5 Å². The first-order valence-electron chi connectivity index (χ1n) is 13.1. The molecule has 1 aliphatic rings. The molecule has 0 bridgehead atoms. The number of methoxy groups -OCH3 is 2. The average molecular weight is 585 g/mol. The lowest BCUT2D eigenvalue weighted by atomic mass is 10.1. The molecule has 5 rings (SSSR count). The number of nitrogens with zero attached hydrogens (tertiary/aromatic N) is 3. The van der Waals surface area contributed by atoms with Crippen LogP contribution in [0.15, 0.2) is 47.4 Å². The van der Waals surface area contributed by atoms with Crippen LogP contribution in [0, 0.1) is 5.82 Å². The van der Waals surface area contributed by atoms with Crippen molar-refractivity contribution >= 4 is 23.3 Å². The zero-order valence-electron chi connectivity index (χ0n) is 23.1. The summed E-state index contributed by atoms with van der Waals surface area (Å²) in [7, 11) is 4.82. The Balaban J connectivity index is 1.19. The molecule has 3 N–H and O–H groups in total. The van der Waals surface area contributed by atoms with E-state index in [0.717, 1.165) is 22.4 Å². The van der Waals surface area contributed by atoms with Gasteiger partial charge >= 0.3 is 0 Å². The topological polar surface area (TPSA) is 112 Å². The quantitative estimate of drug-likeness (QED) is 0.124. The molecule has 0 saturated carbocycles. The molecule has 2 aromatic carbocycles. The largest absolute Gasteiger partial charge is 0.494 e. The molecule has 2 aromatic heterocycles. The smallest absolute Gasteiger partial charge is 0.207 e. The molecule has 0 unspecified atom stereocenters. The van der Waals surface area contributed by atoms with E-state index in [1.54, 1.807) is 33.4 Å². The first kappa shape index (κ1) is 28.7. The Labute approximate surface area is 241 Å². The number of fused-ring (bicyclic) bond motifs is 3. The summed E-state index contributed by atoms with van der Waals surface area (Å²) in [5.74, 6) is 2.32. The molecule has 0 fully saturated rings. The highest BCUT2D eigenvalue weighted by Gasteiger charge is 2.29. The van der Waals surface area contributed by atoms with Crippen molar-refractivity contribution < 1.29 is 33.6 Å². The zero-order chi connectivity index (χ0) is 28.9. The molecule has 1 aliphatic carbocycles. The number of nitrogens with one attached hydrogen (secondary N) is 1. The van der Waals surface area contributed by atoms with Crippen molar-refractivity contribution in [1.82, 2.24) is 14.3 Å². The van der Waals surface area contributed by atoms with Crippen molar-refractivity contribution in [3.63, 3.8) is 0 Å². The zero-order valence-corrected chi connectivity index (χ0v) is 24.0. The summed E-state index contributed by atoms with van der Waals surface area (Å²) in [5, 5.41) is 27.7. The van der Waals surface area contributed by atoms with Crippen LogP contribution < -0.4 is 14.8 Å². The van der Waals surface area contributed by atoms with Gasteiger partial charge in [-0.2, -0.15) is 5.10 Å². The van der Waals surface area contributed by atoms with Gasteiger partial charge in [-0.3, -0.25) is 9.25 Å². The molecule has 0 amide bonds. The van der Waals surface area contributed by atoms with Gasteiger partial charge in [-0.1, -0.05) is 6.07 Å². The van der Waals surface area contributed by atoms with Gasteiger partial charge < -0.3 is 34.5 Å². The van der Waals surface area contributed by atoms with E-state index in [4.69, 9.17) is 24.0 Å². The van der Waals surface area contributed by atoms with Gasteiger partial charge in [-0.25, -0.2) is 4.39 Å². The van der Waals surface area contributed by atoms with Crippen molar-refractivity contribution in [2.75, 3.05) is 51.7 Å². The average Bonchev–Trinajstić information content (AvgIpc) is 3.58. The Hall–Kier alpha value is -3.87. The molecule has 4 aromatic rings. The maximum absolute atomic E-state index is 13.8. The Morgan fingerprint density at radius 1 is 1.00 bits per heavy atom. The van der Waals surface area contributed by atoms with Crippen LogP contribution in [0.3, 0.4) is 0 Å². The molecule has 12 heteroatoms. The van der Waals surface area contributed by atoms with Crippen molar-refractivity contribution in [1.29, 1.82) is 0 Å². The first-order valence-corrected chi connectivity index (χ1v) is 14.1. The molecule has 0 saturated heterocycles. The summed E-state index contributed by atoms with van der Waals surface area (Å²) in [6.07, 6.45) is 0.649. The number of thioether (sulfide) groups is 1. The van der Waals surface area contributed by atoms with E-state index < -0.39 is 0 Å². The standard InChI is InChI=1S/C29H33FN4O6S/c1-33-26(35)17-25(29(33)36)41-12-11-40-10-9-39-8-7-34-27-21-16-24(38-3)23(37-2)14-18(21)13-22(27)28(32-34)31-20-6-4-5-19(30)15-20/h4-6,14-17,35-36H,7-13H2,1-3H3,(H,31,32). The van der Waals surface area contributed by atoms with Crippen molar-refractivity contribution in [2.45, 2.75) is 17.9 Å². The Bertz CT molecular complexity index is 1520. The van der Waals surface area contributed by atoms with Crippen LogP contribution in [0.25, 0.3) is 11.3 Å². The maximum Gasteiger partial charge on any atom is 0.207 e. The molecule has 10 nitrogen and oxygen atoms in total. The number of ether oxygens (including phenoxy) is 4. The lowest BCUT2D eigenvalue weighted by Gasteiger charge is -2.12. The van der Waals surface area contributed by atoms with Gasteiger partial charge in [-0.15, -0.1) is 11.8 Å². The Morgan fingerprint density at radius 3 is 2.46 bits per heavy atom. The summed E-state index contributed by atoms with van der Waals surface area (Å²) in [6.45, 7) is 2.25. The summed E-state index contributed by atoms with van der Waals surface area (Å²) in [4.78, 5) is 0.612. The third-order valence-electron chi connectivity index (χ3n) is 6.82. The number of hydrogen-bond acceptors (Lipinski definition) is 9. The molecule has 0 aliphatic heterocycles. The molecule has 0 radical (unpaired) electrons. The van der Waals surface area contributed by atoms with Crippen LogP contribution in [0.2, 0.25) is 0 Å². The number of rotatable bonds is 14. The van der Waals surface area contributed by atoms with Gasteiger partial charge in [0.15, 0.2) is 23.2 Å². The highest BCUT2D eigenvalue weighted by atomic mass is 32.2. The van der Waals surface area contributed by atoms with Gasteiger partial charge in [0.2, 0.25) is 5.88 Å². The predicted molar refractivity (Wildman–Crippen MR) is 154 cm³/mol. The normalized spacial score (nSPS) is 11.9. The lowest BCUT2D eigenvalue weighted by molar-refractivity contribution is 0.0498. The van der Waals surface area contributed by atoms with E-state index in [2.05, 4.69) is 5.32 Å². The minimum absolute atomic E-state index is 0.0151. The number of anilines is 2. The Morgan fingerprint density at radius 2 is 1.76 bits per heavy atom. The SMILES string of the molecule is COc1cc2c(cc1OC)-c1c(c(Nc3cccc(F)c3)nn1CCOCCOCCSc1cc(O)n(C)c1O)C2. The second kappa shape index (κ2) is 12.8. The van der Waals surface area contributed by atoms with E-state index in [9.17, 15) is 14.6 Å². The van der Waals surface area contributed by atoms with E-state index in [1.807, 2.05) is 16.8 Å². The summed E-state index contributed by atoms with van der Waals surface area (Å²) in [6, 6.07) is 11.8. The highest BCUT2D eigenvalue weighted by molar-refractivity contribution is 7.99. The number of halogens is 1. The van der Waals surface area contributed by atoms with Gasteiger partial charge in [-0.05, 0) is 35.9 Å². The fourth-order valence-electron chi connectivity index (χ4n) is 4.75.